The molecule has 1 aliphatic rings. The molecule has 4 heteroatoms. The molecule has 3 nitrogen and oxygen atoms in total. The molecule has 1 aromatic rings. The first-order valence-electron chi connectivity index (χ1n) is 4.68. The Morgan fingerprint density at radius 1 is 1.44 bits per heavy atom. The summed E-state index contributed by atoms with van der Waals surface area (Å²) in [5.74, 6) is -0.289. The van der Waals surface area contributed by atoms with Crippen molar-refractivity contribution in [2.45, 2.75) is 0 Å². The Bertz CT molecular complexity index is 489. The highest BCUT2D eigenvalue weighted by Gasteiger charge is 2.10. The van der Waals surface area contributed by atoms with Gasteiger partial charge in [0, 0.05) is 16.7 Å². The zero-order valence-corrected chi connectivity index (χ0v) is 9.07. The van der Waals surface area contributed by atoms with Crippen molar-refractivity contribution >= 4 is 23.6 Å². The highest BCUT2D eigenvalue weighted by molar-refractivity contribution is 6.25. The summed E-state index contributed by atoms with van der Waals surface area (Å²) in [6, 6.07) is 4.75. The van der Waals surface area contributed by atoms with Crippen LogP contribution in [0.25, 0.3) is 6.08 Å². The highest BCUT2D eigenvalue weighted by Crippen LogP contribution is 2.25. The maximum Gasteiger partial charge on any atom is 0.335 e. The van der Waals surface area contributed by atoms with Gasteiger partial charge in [0.1, 0.15) is 12.4 Å². The van der Waals surface area contributed by atoms with E-state index in [2.05, 4.69) is 0 Å². The Morgan fingerprint density at radius 2 is 2.25 bits per heavy atom. The van der Waals surface area contributed by atoms with E-state index in [1.54, 1.807) is 18.2 Å². The van der Waals surface area contributed by atoms with Crippen molar-refractivity contribution in [3.05, 3.63) is 46.5 Å². The van der Waals surface area contributed by atoms with E-state index < -0.39 is 5.97 Å². The summed E-state index contributed by atoms with van der Waals surface area (Å²) in [4.78, 5) is 10.8. The van der Waals surface area contributed by atoms with Gasteiger partial charge in [-0.25, -0.2) is 4.79 Å². The number of carboxylic acid groups (broad SMARTS) is 1. The van der Waals surface area contributed by atoms with Crippen LogP contribution in [-0.2, 0) is 0 Å². The molecular formula is C12H9ClO3. The summed E-state index contributed by atoms with van der Waals surface area (Å²) in [6.45, 7) is 0.388. The molecule has 0 fully saturated rings. The number of rotatable bonds is 1. The van der Waals surface area contributed by atoms with E-state index in [4.69, 9.17) is 21.4 Å². The van der Waals surface area contributed by atoms with Crippen LogP contribution in [0.4, 0.5) is 0 Å². The number of hydrogen-bond acceptors (Lipinski definition) is 2. The summed E-state index contributed by atoms with van der Waals surface area (Å²) in [7, 11) is 0. The molecule has 0 aromatic heterocycles. The minimum atomic E-state index is -0.950. The monoisotopic (exact) mass is 236 g/mol. The van der Waals surface area contributed by atoms with Gasteiger partial charge in [0.25, 0.3) is 0 Å². The molecule has 82 valence electrons. The standard InChI is InChI=1S/C12H9ClO3/c13-6-8-1-2-9-5-10(12(14)15)3-4-11(9)16-7-8/h1-6H,7H2,(H,14,15)/b8-6+. The summed E-state index contributed by atoms with van der Waals surface area (Å²) < 4.78 is 5.48. The number of aromatic carboxylic acids is 1. The third-order valence-corrected chi connectivity index (χ3v) is 2.55. The molecule has 0 aliphatic carbocycles. The minimum Gasteiger partial charge on any atom is -0.488 e. The molecule has 0 spiro atoms. The van der Waals surface area contributed by atoms with Crippen LogP contribution < -0.4 is 4.74 Å². The number of fused-ring (bicyclic) bond motifs is 1. The van der Waals surface area contributed by atoms with Gasteiger partial charge in [-0.3, -0.25) is 0 Å². The lowest BCUT2D eigenvalue weighted by molar-refractivity contribution is 0.0697. The molecule has 0 radical (unpaired) electrons. The van der Waals surface area contributed by atoms with Gasteiger partial charge in [0.05, 0.1) is 5.56 Å². The van der Waals surface area contributed by atoms with E-state index in [9.17, 15) is 4.79 Å². The largest absolute Gasteiger partial charge is 0.488 e. The number of carbonyl (C=O) groups is 1. The van der Waals surface area contributed by atoms with Crippen molar-refractivity contribution in [2.75, 3.05) is 6.61 Å². The van der Waals surface area contributed by atoms with Gasteiger partial charge in [-0.05, 0) is 18.2 Å². The third kappa shape index (κ3) is 2.09. The number of halogens is 1. The fourth-order valence-electron chi connectivity index (χ4n) is 1.42. The minimum absolute atomic E-state index is 0.241. The number of hydrogen-bond donors (Lipinski definition) is 1. The topological polar surface area (TPSA) is 46.5 Å². The lowest BCUT2D eigenvalue weighted by Gasteiger charge is -2.06. The second kappa shape index (κ2) is 4.41. The van der Waals surface area contributed by atoms with Gasteiger partial charge in [-0.15, -0.1) is 0 Å². The lowest BCUT2D eigenvalue weighted by Crippen LogP contribution is -2.00. The Hall–Kier alpha value is -1.74. The maximum atomic E-state index is 10.8. The van der Waals surface area contributed by atoms with Crippen LogP contribution in [0.3, 0.4) is 0 Å². The van der Waals surface area contributed by atoms with Crippen molar-refractivity contribution in [3.63, 3.8) is 0 Å². The van der Waals surface area contributed by atoms with Gasteiger partial charge in [-0.1, -0.05) is 23.8 Å². The second-order valence-corrected chi connectivity index (χ2v) is 3.58. The fourth-order valence-corrected chi connectivity index (χ4v) is 1.55. The first-order chi connectivity index (χ1) is 7.70. The zero-order valence-electron chi connectivity index (χ0n) is 8.31. The van der Waals surface area contributed by atoms with Crippen LogP contribution in [0.5, 0.6) is 5.75 Å². The molecule has 0 unspecified atom stereocenters. The molecule has 2 rings (SSSR count). The molecule has 16 heavy (non-hydrogen) atoms. The van der Waals surface area contributed by atoms with Crippen LogP contribution in [-0.4, -0.2) is 17.7 Å². The molecular weight excluding hydrogens is 228 g/mol. The van der Waals surface area contributed by atoms with Crippen molar-refractivity contribution in [1.82, 2.24) is 0 Å². The Kier molecular flexibility index (Phi) is 2.97. The normalized spacial score (nSPS) is 16.4. The van der Waals surface area contributed by atoms with E-state index in [0.29, 0.717) is 12.4 Å². The third-order valence-electron chi connectivity index (χ3n) is 2.27. The Balaban J connectivity index is 2.43. The molecule has 0 bridgehead atoms. The number of carboxylic acids is 1. The molecule has 0 saturated carbocycles. The maximum absolute atomic E-state index is 10.8. The van der Waals surface area contributed by atoms with E-state index in [-0.39, 0.29) is 5.56 Å². The van der Waals surface area contributed by atoms with Crippen LogP contribution in [0.15, 0.2) is 35.4 Å². The predicted molar refractivity (Wildman–Crippen MR) is 61.9 cm³/mol. The highest BCUT2D eigenvalue weighted by atomic mass is 35.5. The van der Waals surface area contributed by atoms with Crippen LogP contribution in [0, 0.1) is 0 Å². The smallest absolute Gasteiger partial charge is 0.335 e. The second-order valence-electron chi connectivity index (χ2n) is 3.36. The number of ether oxygens (including phenoxy) is 1. The molecule has 1 heterocycles. The summed E-state index contributed by atoms with van der Waals surface area (Å²) in [5.41, 5.74) is 3.27. The van der Waals surface area contributed by atoms with Gasteiger partial charge in [0.2, 0.25) is 0 Å². The summed E-state index contributed by atoms with van der Waals surface area (Å²) >= 11 is 5.59. The van der Waals surface area contributed by atoms with Gasteiger partial charge >= 0.3 is 5.97 Å². The zero-order chi connectivity index (χ0) is 11.5. The van der Waals surface area contributed by atoms with Crippen LogP contribution in [0.2, 0.25) is 0 Å². The van der Waals surface area contributed by atoms with Gasteiger partial charge in [0.15, 0.2) is 0 Å². The molecule has 0 saturated heterocycles. The predicted octanol–water partition coefficient (Wildman–Crippen LogP) is 2.91. The van der Waals surface area contributed by atoms with E-state index in [1.807, 2.05) is 6.08 Å². The molecule has 1 aliphatic heterocycles. The summed E-state index contributed by atoms with van der Waals surface area (Å²) in [6.07, 6.45) is 3.60. The molecule has 0 amide bonds. The first-order valence-corrected chi connectivity index (χ1v) is 5.12. The average Bonchev–Trinajstić information content (AvgIpc) is 2.50. The van der Waals surface area contributed by atoms with E-state index >= 15 is 0 Å². The molecule has 1 aromatic carbocycles. The Labute approximate surface area is 97.6 Å². The van der Waals surface area contributed by atoms with E-state index in [0.717, 1.165) is 11.1 Å². The van der Waals surface area contributed by atoms with Crippen molar-refractivity contribution < 1.29 is 14.6 Å². The lowest BCUT2D eigenvalue weighted by atomic mass is 10.1. The van der Waals surface area contributed by atoms with Crippen molar-refractivity contribution in [1.29, 1.82) is 0 Å². The fraction of sp³-hybridized carbons (Fsp3) is 0.0833. The van der Waals surface area contributed by atoms with E-state index in [1.165, 1.54) is 11.6 Å². The van der Waals surface area contributed by atoms with Gasteiger partial charge < -0.3 is 9.84 Å². The SMILES string of the molecule is O=C(O)c1ccc2c(c1)C=C/C(=C\Cl)CO2. The van der Waals surface area contributed by atoms with Crippen molar-refractivity contribution in [3.8, 4) is 5.75 Å². The van der Waals surface area contributed by atoms with Crippen molar-refractivity contribution in [2.24, 2.45) is 0 Å². The summed E-state index contributed by atoms with van der Waals surface area (Å²) in [5, 5.41) is 8.86. The van der Waals surface area contributed by atoms with Crippen LogP contribution in [0.1, 0.15) is 15.9 Å². The van der Waals surface area contributed by atoms with Gasteiger partial charge in [-0.2, -0.15) is 0 Å². The quantitative estimate of drug-likeness (QED) is 0.816. The first kappa shape index (κ1) is 10.8. The Morgan fingerprint density at radius 3 is 2.94 bits per heavy atom. The molecule has 1 N–H and O–H groups in total. The molecule has 0 atom stereocenters. The van der Waals surface area contributed by atoms with Crippen LogP contribution >= 0.6 is 11.6 Å². The number of benzene rings is 1. The average molecular weight is 237 g/mol.